The summed E-state index contributed by atoms with van der Waals surface area (Å²) in [6.07, 6.45) is 1.07. The lowest BCUT2D eigenvalue weighted by atomic mass is 10.1. The number of thiazole rings is 1. The molecule has 1 aromatic carbocycles. The zero-order chi connectivity index (χ0) is 17.8. The van der Waals surface area contributed by atoms with Gasteiger partial charge in [-0.2, -0.15) is 0 Å². The van der Waals surface area contributed by atoms with Crippen molar-refractivity contribution in [1.29, 1.82) is 0 Å². The fraction of sp³-hybridized carbons (Fsp3) is 0.444. The quantitative estimate of drug-likeness (QED) is 0.802. The molecule has 1 aliphatic heterocycles. The number of nitrogens with one attached hydrogen (secondary N) is 2. The van der Waals surface area contributed by atoms with Crippen molar-refractivity contribution in [2.24, 2.45) is 5.92 Å². The van der Waals surface area contributed by atoms with Crippen molar-refractivity contribution in [3.05, 3.63) is 39.9 Å². The molecule has 7 heteroatoms. The first-order chi connectivity index (χ1) is 12.1. The summed E-state index contributed by atoms with van der Waals surface area (Å²) >= 11 is 7.49. The van der Waals surface area contributed by atoms with E-state index >= 15 is 0 Å². The maximum absolute atomic E-state index is 12.4. The molecule has 25 heavy (non-hydrogen) atoms. The van der Waals surface area contributed by atoms with Crippen LogP contribution in [-0.4, -0.2) is 37.1 Å². The molecule has 3 rings (SSSR count). The molecule has 134 valence electrons. The first kappa shape index (κ1) is 18.0. The molecule has 1 aromatic heterocycles. The lowest BCUT2D eigenvalue weighted by molar-refractivity contribution is 0.0951. The maximum atomic E-state index is 12.4. The minimum Gasteiger partial charge on any atom is -0.371 e. The van der Waals surface area contributed by atoms with Crippen molar-refractivity contribution >= 4 is 39.7 Å². The normalized spacial score (nSPS) is 16.9. The third kappa shape index (κ3) is 4.44. The maximum Gasteiger partial charge on any atom is 0.263 e. The van der Waals surface area contributed by atoms with E-state index in [1.807, 2.05) is 32.0 Å². The number of halogens is 1. The molecule has 1 atom stereocenters. The Bertz CT molecular complexity index is 748. The van der Waals surface area contributed by atoms with Crippen LogP contribution in [0.2, 0.25) is 5.02 Å². The molecule has 1 saturated heterocycles. The summed E-state index contributed by atoms with van der Waals surface area (Å²) in [7, 11) is 0. The second-order valence-electron chi connectivity index (χ2n) is 6.25. The van der Waals surface area contributed by atoms with Crippen LogP contribution in [0.3, 0.4) is 0 Å². The molecular weight excluding hydrogens is 356 g/mol. The van der Waals surface area contributed by atoms with Crippen LogP contribution in [0.5, 0.6) is 0 Å². The largest absolute Gasteiger partial charge is 0.371 e. The van der Waals surface area contributed by atoms with Gasteiger partial charge >= 0.3 is 0 Å². The van der Waals surface area contributed by atoms with E-state index in [9.17, 15) is 4.79 Å². The zero-order valence-electron chi connectivity index (χ0n) is 14.5. The number of amides is 1. The third-order valence-electron chi connectivity index (χ3n) is 4.34. The van der Waals surface area contributed by atoms with E-state index in [1.165, 1.54) is 11.3 Å². The predicted molar refractivity (Wildman–Crippen MR) is 105 cm³/mol. The van der Waals surface area contributed by atoms with Crippen molar-refractivity contribution in [2.75, 3.05) is 36.4 Å². The lowest BCUT2D eigenvalue weighted by Crippen LogP contribution is -2.30. The molecule has 0 radical (unpaired) electrons. The minimum absolute atomic E-state index is 0.0274. The molecular formula is C18H23ClN4OS. The summed E-state index contributed by atoms with van der Waals surface area (Å²) in [4.78, 5) is 19.8. The van der Waals surface area contributed by atoms with Crippen LogP contribution in [0.1, 0.15) is 28.7 Å². The average molecular weight is 379 g/mol. The van der Waals surface area contributed by atoms with Crippen LogP contribution in [0, 0.1) is 12.8 Å². The van der Waals surface area contributed by atoms with E-state index in [0.29, 0.717) is 17.3 Å². The summed E-state index contributed by atoms with van der Waals surface area (Å²) < 4.78 is 0. The van der Waals surface area contributed by atoms with Gasteiger partial charge in [0.05, 0.1) is 5.69 Å². The SMILES string of the molecule is CCNc1nc(C)c(C(=O)NC[C@H]2CCN(c3cccc(Cl)c3)C2)s1. The van der Waals surface area contributed by atoms with Gasteiger partial charge in [-0.1, -0.05) is 29.0 Å². The van der Waals surface area contributed by atoms with E-state index in [4.69, 9.17) is 11.6 Å². The molecule has 2 N–H and O–H groups in total. The summed E-state index contributed by atoms with van der Waals surface area (Å²) in [6, 6.07) is 7.93. The van der Waals surface area contributed by atoms with Gasteiger partial charge in [0.1, 0.15) is 4.88 Å². The number of anilines is 2. The van der Waals surface area contributed by atoms with Gasteiger partial charge in [0.25, 0.3) is 5.91 Å². The number of benzene rings is 1. The van der Waals surface area contributed by atoms with Gasteiger partial charge in [-0.05, 0) is 44.4 Å². The Balaban J connectivity index is 1.53. The molecule has 0 unspecified atom stereocenters. The summed E-state index contributed by atoms with van der Waals surface area (Å²) in [5.74, 6) is 0.421. The number of carbonyl (C=O) groups excluding carboxylic acids is 1. The van der Waals surface area contributed by atoms with Gasteiger partial charge < -0.3 is 15.5 Å². The van der Waals surface area contributed by atoms with Gasteiger partial charge in [-0.15, -0.1) is 0 Å². The highest BCUT2D eigenvalue weighted by atomic mass is 35.5. The van der Waals surface area contributed by atoms with Gasteiger partial charge in [-0.25, -0.2) is 4.98 Å². The Morgan fingerprint density at radius 3 is 3.08 bits per heavy atom. The standard InChI is InChI=1S/C18H23ClN4OS/c1-3-20-18-22-12(2)16(25-18)17(24)21-10-13-7-8-23(11-13)15-6-4-5-14(19)9-15/h4-6,9,13H,3,7-8,10-11H2,1-2H3,(H,20,22)(H,21,24)/t13-/m1/s1. The fourth-order valence-electron chi connectivity index (χ4n) is 3.06. The lowest BCUT2D eigenvalue weighted by Gasteiger charge is -2.19. The highest BCUT2D eigenvalue weighted by Crippen LogP contribution is 2.26. The Morgan fingerprint density at radius 1 is 1.48 bits per heavy atom. The van der Waals surface area contributed by atoms with Crippen molar-refractivity contribution in [2.45, 2.75) is 20.3 Å². The Labute approximate surface area is 157 Å². The summed E-state index contributed by atoms with van der Waals surface area (Å²) in [5.41, 5.74) is 1.93. The second-order valence-corrected chi connectivity index (χ2v) is 7.69. The number of carbonyl (C=O) groups is 1. The van der Waals surface area contributed by atoms with Crippen molar-refractivity contribution in [1.82, 2.24) is 10.3 Å². The first-order valence-electron chi connectivity index (χ1n) is 8.56. The van der Waals surface area contributed by atoms with Crippen LogP contribution in [-0.2, 0) is 0 Å². The Hall–Kier alpha value is -1.79. The van der Waals surface area contributed by atoms with Crippen LogP contribution < -0.4 is 15.5 Å². The van der Waals surface area contributed by atoms with E-state index in [2.05, 4.69) is 26.6 Å². The summed E-state index contributed by atoms with van der Waals surface area (Å²) in [5, 5.41) is 7.79. The number of rotatable bonds is 6. The molecule has 2 aromatic rings. The zero-order valence-corrected chi connectivity index (χ0v) is 16.1. The molecule has 1 amide bonds. The minimum atomic E-state index is -0.0274. The van der Waals surface area contributed by atoms with Gasteiger partial charge in [0, 0.05) is 36.9 Å². The predicted octanol–water partition coefficient (Wildman–Crippen LogP) is 3.79. The number of hydrogen-bond donors (Lipinski definition) is 2. The fourth-order valence-corrected chi connectivity index (χ4v) is 4.19. The molecule has 2 heterocycles. The van der Waals surface area contributed by atoms with Crippen LogP contribution in [0.4, 0.5) is 10.8 Å². The monoisotopic (exact) mass is 378 g/mol. The average Bonchev–Trinajstić information content (AvgIpc) is 3.20. The first-order valence-corrected chi connectivity index (χ1v) is 9.76. The van der Waals surface area contributed by atoms with Crippen LogP contribution >= 0.6 is 22.9 Å². The number of aryl methyl sites for hydroxylation is 1. The van der Waals surface area contributed by atoms with Crippen molar-refractivity contribution < 1.29 is 4.79 Å². The highest BCUT2D eigenvalue weighted by Gasteiger charge is 2.24. The topological polar surface area (TPSA) is 57.3 Å². The molecule has 0 saturated carbocycles. The van der Waals surface area contributed by atoms with Crippen molar-refractivity contribution in [3.8, 4) is 0 Å². The van der Waals surface area contributed by atoms with Crippen molar-refractivity contribution in [3.63, 3.8) is 0 Å². The van der Waals surface area contributed by atoms with Crippen LogP contribution in [0.25, 0.3) is 0 Å². The number of nitrogens with zero attached hydrogens (tertiary/aromatic N) is 2. The van der Waals surface area contributed by atoms with E-state index < -0.39 is 0 Å². The molecule has 1 fully saturated rings. The van der Waals surface area contributed by atoms with Gasteiger partial charge in [-0.3, -0.25) is 4.79 Å². The van der Waals surface area contributed by atoms with E-state index in [-0.39, 0.29) is 5.91 Å². The smallest absolute Gasteiger partial charge is 0.263 e. The Morgan fingerprint density at radius 2 is 2.32 bits per heavy atom. The molecule has 0 bridgehead atoms. The molecule has 0 spiro atoms. The number of aromatic nitrogens is 1. The van der Waals surface area contributed by atoms with Gasteiger partial charge in [0.15, 0.2) is 5.13 Å². The highest BCUT2D eigenvalue weighted by molar-refractivity contribution is 7.17. The summed E-state index contributed by atoms with van der Waals surface area (Å²) in [6.45, 7) is 7.31. The second kappa shape index (κ2) is 8.06. The molecule has 5 nitrogen and oxygen atoms in total. The van der Waals surface area contributed by atoms with E-state index in [1.54, 1.807) is 0 Å². The molecule has 0 aliphatic carbocycles. The number of hydrogen-bond acceptors (Lipinski definition) is 5. The molecule has 1 aliphatic rings. The van der Waals surface area contributed by atoms with Crippen LogP contribution in [0.15, 0.2) is 24.3 Å². The van der Waals surface area contributed by atoms with E-state index in [0.717, 1.165) is 47.6 Å². The Kier molecular flexibility index (Phi) is 5.81. The van der Waals surface area contributed by atoms with Gasteiger partial charge in [0.2, 0.25) is 0 Å². The third-order valence-corrected chi connectivity index (χ3v) is 5.69.